The molecule has 1 saturated heterocycles. The molecule has 3 rings (SSSR count). The number of likely N-dealkylation sites (tertiary alicyclic amines) is 1. The molecule has 2 fully saturated rings. The van der Waals surface area contributed by atoms with Crippen molar-refractivity contribution in [2.45, 2.75) is 13.3 Å². The lowest BCUT2D eigenvalue weighted by atomic mass is 10.1. The van der Waals surface area contributed by atoms with Crippen molar-refractivity contribution >= 4 is 5.91 Å². The molecule has 1 aromatic carbocycles. The van der Waals surface area contributed by atoms with Crippen molar-refractivity contribution in [2.24, 2.45) is 11.8 Å². The van der Waals surface area contributed by atoms with E-state index in [1.807, 2.05) is 4.90 Å². The van der Waals surface area contributed by atoms with Crippen LogP contribution < -0.4 is 0 Å². The van der Waals surface area contributed by atoms with Gasteiger partial charge in [-0.15, -0.1) is 0 Å². The minimum Gasteiger partial charge on any atom is -0.338 e. The maximum Gasteiger partial charge on any atom is 0.253 e. The van der Waals surface area contributed by atoms with Crippen LogP contribution in [0.1, 0.15) is 22.3 Å². The Kier molecular flexibility index (Phi) is 2.03. The summed E-state index contributed by atoms with van der Waals surface area (Å²) in [4.78, 5) is 14.0. The number of amides is 1. The summed E-state index contributed by atoms with van der Waals surface area (Å²) in [6.07, 6.45) is 1.28. The molecule has 2 unspecified atom stereocenters. The van der Waals surface area contributed by atoms with E-state index in [0.29, 0.717) is 11.1 Å². The van der Waals surface area contributed by atoms with Crippen LogP contribution in [-0.2, 0) is 0 Å². The van der Waals surface area contributed by atoms with Gasteiger partial charge in [-0.1, -0.05) is 0 Å². The first-order valence-electron chi connectivity index (χ1n) is 5.70. The molecule has 1 amide bonds. The van der Waals surface area contributed by atoms with Crippen molar-refractivity contribution in [3.05, 3.63) is 35.1 Å². The topological polar surface area (TPSA) is 20.3 Å². The van der Waals surface area contributed by atoms with Crippen LogP contribution in [0.4, 0.5) is 4.39 Å². The third-order valence-electron chi connectivity index (χ3n) is 3.67. The van der Waals surface area contributed by atoms with Crippen LogP contribution in [0, 0.1) is 24.6 Å². The molecule has 0 N–H and O–H groups in total. The van der Waals surface area contributed by atoms with E-state index < -0.39 is 0 Å². The SMILES string of the molecule is Cc1cc(C(=O)N2CC3CC3C2)ccc1F. The first kappa shape index (κ1) is 9.82. The summed E-state index contributed by atoms with van der Waals surface area (Å²) >= 11 is 0. The van der Waals surface area contributed by atoms with Gasteiger partial charge < -0.3 is 4.90 Å². The normalized spacial score (nSPS) is 26.8. The van der Waals surface area contributed by atoms with E-state index in [2.05, 4.69) is 0 Å². The zero-order valence-electron chi connectivity index (χ0n) is 9.24. The zero-order chi connectivity index (χ0) is 11.3. The summed E-state index contributed by atoms with van der Waals surface area (Å²) in [5.74, 6) is 1.28. The molecule has 1 saturated carbocycles. The fourth-order valence-electron chi connectivity index (χ4n) is 2.52. The molecule has 0 radical (unpaired) electrons. The lowest BCUT2D eigenvalue weighted by Crippen LogP contribution is -2.30. The Morgan fingerprint density at radius 2 is 2.06 bits per heavy atom. The van der Waals surface area contributed by atoms with E-state index in [-0.39, 0.29) is 11.7 Å². The Balaban J connectivity index is 1.80. The molecule has 1 aliphatic heterocycles. The second-order valence-corrected chi connectivity index (χ2v) is 4.93. The highest BCUT2D eigenvalue weighted by atomic mass is 19.1. The van der Waals surface area contributed by atoms with Crippen molar-refractivity contribution in [1.29, 1.82) is 0 Å². The number of rotatable bonds is 1. The van der Waals surface area contributed by atoms with E-state index in [4.69, 9.17) is 0 Å². The number of carbonyl (C=O) groups excluding carboxylic acids is 1. The molecular formula is C13H14FNO. The van der Waals surface area contributed by atoms with Crippen molar-refractivity contribution in [2.75, 3.05) is 13.1 Å². The lowest BCUT2D eigenvalue weighted by molar-refractivity contribution is 0.0775. The first-order chi connectivity index (χ1) is 7.65. The molecule has 1 aromatic rings. The molecule has 0 spiro atoms. The van der Waals surface area contributed by atoms with Crippen LogP contribution in [0.3, 0.4) is 0 Å². The molecule has 3 heteroatoms. The number of benzene rings is 1. The monoisotopic (exact) mass is 219 g/mol. The third-order valence-corrected chi connectivity index (χ3v) is 3.67. The number of hydrogen-bond acceptors (Lipinski definition) is 1. The second-order valence-electron chi connectivity index (χ2n) is 4.93. The zero-order valence-corrected chi connectivity index (χ0v) is 9.24. The largest absolute Gasteiger partial charge is 0.338 e. The van der Waals surface area contributed by atoms with Gasteiger partial charge in [-0.3, -0.25) is 4.79 Å². The second kappa shape index (κ2) is 3.30. The van der Waals surface area contributed by atoms with Crippen LogP contribution in [0.25, 0.3) is 0 Å². The lowest BCUT2D eigenvalue weighted by Gasteiger charge is -2.18. The fraction of sp³-hybridized carbons (Fsp3) is 0.462. The smallest absolute Gasteiger partial charge is 0.253 e. The van der Waals surface area contributed by atoms with E-state index in [0.717, 1.165) is 24.9 Å². The van der Waals surface area contributed by atoms with Gasteiger partial charge in [0.1, 0.15) is 5.82 Å². The predicted octanol–water partition coefficient (Wildman–Crippen LogP) is 2.23. The number of halogens is 1. The maximum absolute atomic E-state index is 13.1. The molecule has 1 aliphatic carbocycles. The minimum absolute atomic E-state index is 0.0512. The number of nitrogens with zero attached hydrogens (tertiary/aromatic N) is 1. The molecule has 0 bridgehead atoms. The highest BCUT2D eigenvalue weighted by molar-refractivity contribution is 5.94. The van der Waals surface area contributed by atoms with Crippen molar-refractivity contribution in [1.82, 2.24) is 4.90 Å². The van der Waals surface area contributed by atoms with Gasteiger partial charge >= 0.3 is 0 Å². The van der Waals surface area contributed by atoms with Crippen molar-refractivity contribution in [3.63, 3.8) is 0 Å². The molecular weight excluding hydrogens is 205 g/mol. The summed E-state index contributed by atoms with van der Waals surface area (Å²) in [5.41, 5.74) is 1.15. The van der Waals surface area contributed by atoms with Crippen LogP contribution in [0.15, 0.2) is 18.2 Å². The average molecular weight is 219 g/mol. The highest BCUT2D eigenvalue weighted by Crippen LogP contribution is 2.45. The number of piperidine rings is 1. The first-order valence-corrected chi connectivity index (χ1v) is 5.70. The standard InChI is InChI=1S/C13H14FNO/c1-8-4-9(2-3-12(8)14)13(16)15-6-10-5-11(10)7-15/h2-4,10-11H,5-7H2,1H3. The van der Waals surface area contributed by atoms with Gasteiger partial charge in [-0.2, -0.15) is 0 Å². The summed E-state index contributed by atoms with van der Waals surface area (Å²) in [5, 5.41) is 0. The summed E-state index contributed by atoms with van der Waals surface area (Å²) in [6.45, 7) is 3.47. The number of carbonyl (C=O) groups is 1. The molecule has 2 aliphatic rings. The Morgan fingerprint density at radius 1 is 1.38 bits per heavy atom. The van der Waals surface area contributed by atoms with Gasteiger partial charge in [0.15, 0.2) is 0 Å². The Labute approximate surface area is 94.1 Å². The highest BCUT2D eigenvalue weighted by Gasteiger charge is 2.46. The van der Waals surface area contributed by atoms with Crippen LogP contribution >= 0.6 is 0 Å². The molecule has 0 aromatic heterocycles. The van der Waals surface area contributed by atoms with Crippen molar-refractivity contribution < 1.29 is 9.18 Å². The van der Waals surface area contributed by atoms with Crippen molar-refractivity contribution in [3.8, 4) is 0 Å². The predicted molar refractivity (Wildman–Crippen MR) is 58.6 cm³/mol. The van der Waals surface area contributed by atoms with Gasteiger partial charge in [-0.25, -0.2) is 4.39 Å². The number of hydrogen-bond donors (Lipinski definition) is 0. The van der Waals surface area contributed by atoms with Gasteiger partial charge in [-0.05, 0) is 48.9 Å². The molecule has 2 atom stereocenters. The Morgan fingerprint density at radius 3 is 2.69 bits per heavy atom. The maximum atomic E-state index is 13.1. The van der Waals surface area contributed by atoms with Gasteiger partial charge in [0.25, 0.3) is 5.91 Å². The molecule has 1 heterocycles. The summed E-state index contributed by atoms with van der Waals surface area (Å²) in [6, 6.07) is 4.59. The van der Waals surface area contributed by atoms with E-state index >= 15 is 0 Å². The van der Waals surface area contributed by atoms with Crippen LogP contribution in [0.2, 0.25) is 0 Å². The Bertz CT molecular complexity index is 447. The van der Waals surface area contributed by atoms with E-state index in [1.165, 1.54) is 12.5 Å². The molecule has 16 heavy (non-hydrogen) atoms. The molecule has 2 nitrogen and oxygen atoms in total. The van der Waals surface area contributed by atoms with E-state index in [9.17, 15) is 9.18 Å². The van der Waals surface area contributed by atoms with Crippen LogP contribution in [-0.4, -0.2) is 23.9 Å². The summed E-state index contributed by atoms with van der Waals surface area (Å²) in [7, 11) is 0. The third kappa shape index (κ3) is 1.51. The van der Waals surface area contributed by atoms with Gasteiger partial charge in [0.05, 0.1) is 0 Å². The number of fused-ring (bicyclic) bond motifs is 1. The quantitative estimate of drug-likeness (QED) is 0.709. The van der Waals surface area contributed by atoms with Gasteiger partial charge in [0.2, 0.25) is 0 Å². The minimum atomic E-state index is -0.249. The molecule has 84 valence electrons. The average Bonchev–Trinajstić information content (AvgIpc) is 2.89. The Hall–Kier alpha value is -1.38. The van der Waals surface area contributed by atoms with Crippen LogP contribution in [0.5, 0.6) is 0 Å². The summed E-state index contributed by atoms with van der Waals surface area (Å²) < 4.78 is 13.1. The van der Waals surface area contributed by atoms with E-state index in [1.54, 1.807) is 19.1 Å². The number of aryl methyl sites for hydroxylation is 1. The van der Waals surface area contributed by atoms with Gasteiger partial charge in [0, 0.05) is 18.7 Å². The fourth-order valence-corrected chi connectivity index (χ4v) is 2.52.